The van der Waals surface area contributed by atoms with Crippen LogP contribution in [0.5, 0.6) is 0 Å². The van der Waals surface area contributed by atoms with Gasteiger partial charge in [-0.15, -0.1) is 0 Å². The molecule has 0 atom stereocenters. The lowest BCUT2D eigenvalue weighted by atomic mass is 10.1. The molecule has 0 bridgehead atoms. The van der Waals surface area contributed by atoms with Crippen LogP contribution in [0.4, 0.5) is 24.5 Å². The Morgan fingerprint density at radius 2 is 1.94 bits per heavy atom. The highest BCUT2D eigenvalue weighted by Gasteiger charge is 2.40. The fraction of sp³-hybridized carbons (Fsp3) is 0.190. The molecule has 3 aromatic rings. The maximum absolute atomic E-state index is 13.8. The van der Waals surface area contributed by atoms with Gasteiger partial charge in [0.2, 0.25) is 5.91 Å². The maximum atomic E-state index is 13.8. The van der Waals surface area contributed by atoms with Crippen molar-refractivity contribution >= 4 is 34.8 Å². The van der Waals surface area contributed by atoms with Crippen molar-refractivity contribution in [3.8, 4) is 5.69 Å². The molecule has 160 valence electrons. The molecule has 0 radical (unpaired) electrons. The Morgan fingerprint density at radius 3 is 2.61 bits per heavy atom. The first-order valence-corrected chi connectivity index (χ1v) is 9.66. The van der Waals surface area contributed by atoms with Gasteiger partial charge in [-0.25, -0.2) is 4.68 Å². The number of alkyl halides is 3. The molecule has 0 saturated carbocycles. The molecular weight excluding hydrogens is 433 g/mol. The summed E-state index contributed by atoms with van der Waals surface area (Å²) in [5, 5.41) is 6.52. The highest BCUT2D eigenvalue weighted by Crippen LogP contribution is 2.35. The average molecular weight is 449 g/mol. The number of halogens is 4. The molecule has 1 aromatic heterocycles. The largest absolute Gasteiger partial charge is 0.434 e. The summed E-state index contributed by atoms with van der Waals surface area (Å²) in [5.74, 6) is -1.04. The van der Waals surface area contributed by atoms with Crippen LogP contribution in [0.25, 0.3) is 5.69 Å². The van der Waals surface area contributed by atoms with E-state index in [9.17, 15) is 22.8 Å². The highest BCUT2D eigenvalue weighted by atomic mass is 35.5. The number of amides is 2. The van der Waals surface area contributed by atoms with Gasteiger partial charge in [0.15, 0.2) is 5.69 Å². The lowest BCUT2D eigenvalue weighted by Gasteiger charge is -2.15. The Bertz CT molecular complexity index is 1190. The minimum Gasteiger partial charge on any atom is -0.322 e. The molecule has 2 heterocycles. The minimum absolute atomic E-state index is 0.0840. The van der Waals surface area contributed by atoms with Gasteiger partial charge in [-0.2, -0.15) is 18.3 Å². The van der Waals surface area contributed by atoms with Crippen LogP contribution in [0.2, 0.25) is 5.02 Å². The van der Waals surface area contributed by atoms with Gasteiger partial charge < -0.3 is 10.2 Å². The SMILES string of the molecule is CC(=O)N1CCc2cc(NC(=O)c3cnn(-c4cccc(Cl)c4)c3C(F)(F)F)ccc21. The number of anilines is 2. The second kappa shape index (κ2) is 7.73. The van der Waals surface area contributed by atoms with Crippen molar-refractivity contribution in [3.63, 3.8) is 0 Å². The number of hydrogen-bond acceptors (Lipinski definition) is 3. The van der Waals surface area contributed by atoms with Gasteiger partial charge in [0.1, 0.15) is 0 Å². The van der Waals surface area contributed by atoms with E-state index in [1.807, 2.05) is 0 Å². The van der Waals surface area contributed by atoms with Crippen LogP contribution in [-0.4, -0.2) is 28.1 Å². The van der Waals surface area contributed by atoms with Crippen LogP contribution >= 0.6 is 11.6 Å². The van der Waals surface area contributed by atoms with E-state index in [1.165, 1.54) is 31.2 Å². The fourth-order valence-corrected chi connectivity index (χ4v) is 3.78. The van der Waals surface area contributed by atoms with Crippen molar-refractivity contribution in [2.75, 3.05) is 16.8 Å². The standard InChI is InChI=1S/C21H16ClF3N4O2/c1-12(30)28-8-7-13-9-15(5-6-18(13)28)27-20(31)17-11-26-29(19(17)21(23,24)25)16-4-2-3-14(22)10-16/h2-6,9-11H,7-8H2,1H3,(H,27,31). The van der Waals surface area contributed by atoms with E-state index in [-0.39, 0.29) is 16.6 Å². The number of fused-ring (bicyclic) bond motifs is 1. The predicted molar refractivity (Wildman–Crippen MR) is 110 cm³/mol. The molecule has 2 amide bonds. The first kappa shape index (κ1) is 20.9. The summed E-state index contributed by atoms with van der Waals surface area (Å²) in [6, 6.07) is 10.6. The summed E-state index contributed by atoms with van der Waals surface area (Å²) in [6.45, 7) is 1.98. The topological polar surface area (TPSA) is 67.2 Å². The lowest BCUT2D eigenvalue weighted by Crippen LogP contribution is -2.25. The third-order valence-electron chi connectivity index (χ3n) is 4.95. The lowest BCUT2D eigenvalue weighted by molar-refractivity contribution is -0.143. The highest BCUT2D eigenvalue weighted by molar-refractivity contribution is 6.30. The number of carbonyl (C=O) groups excluding carboxylic acids is 2. The molecule has 0 unspecified atom stereocenters. The molecule has 0 aliphatic carbocycles. The van der Waals surface area contributed by atoms with Crippen LogP contribution < -0.4 is 10.2 Å². The van der Waals surface area contributed by atoms with Crippen molar-refractivity contribution in [1.29, 1.82) is 0 Å². The smallest absolute Gasteiger partial charge is 0.322 e. The Hall–Kier alpha value is -3.33. The van der Waals surface area contributed by atoms with Crippen molar-refractivity contribution in [2.24, 2.45) is 0 Å². The van der Waals surface area contributed by atoms with Crippen LogP contribution in [0.1, 0.15) is 28.5 Å². The van der Waals surface area contributed by atoms with Crippen molar-refractivity contribution in [3.05, 3.63) is 70.5 Å². The van der Waals surface area contributed by atoms with Gasteiger partial charge in [0.25, 0.3) is 5.91 Å². The zero-order valence-corrected chi connectivity index (χ0v) is 17.0. The van der Waals surface area contributed by atoms with Gasteiger partial charge in [0, 0.05) is 29.9 Å². The van der Waals surface area contributed by atoms with Gasteiger partial charge >= 0.3 is 6.18 Å². The number of nitrogens with one attached hydrogen (secondary N) is 1. The van der Waals surface area contributed by atoms with Gasteiger partial charge in [-0.05, 0) is 48.4 Å². The predicted octanol–water partition coefficient (Wildman–Crippen LogP) is 4.71. The average Bonchev–Trinajstić information content (AvgIpc) is 3.32. The number of hydrogen-bond donors (Lipinski definition) is 1. The van der Waals surface area contributed by atoms with Gasteiger partial charge in [-0.1, -0.05) is 17.7 Å². The van der Waals surface area contributed by atoms with Crippen LogP contribution in [0, 0.1) is 0 Å². The number of rotatable bonds is 3. The number of carbonyl (C=O) groups is 2. The molecule has 6 nitrogen and oxygen atoms in total. The van der Waals surface area contributed by atoms with E-state index >= 15 is 0 Å². The molecule has 0 spiro atoms. The maximum Gasteiger partial charge on any atom is 0.434 e. The quantitative estimate of drug-likeness (QED) is 0.631. The summed E-state index contributed by atoms with van der Waals surface area (Å²) < 4.78 is 42.1. The Labute approximate surface area is 180 Å². The van der Waals surface area contributed by atoms with E-state index in [1.54, 1.807) is 23.1 Å². The van der Waals surface area contributed by atoms with E-state index in [2.05, 4.69) is 10.4 Å². The first-order chi connectivity index (χ1) is 14.6. The summed E-state index contributed by atoms with van der Waals surface area (Å²) in [5.41, 5.74) is 0.168. The normalized spacial score (nSPS) is 13.3. The van der Waals surface area contributed by atoms with Crippen LogP contribution in [0.3, 0.4) is 0 Å². The van der Waals surface area contributed by atoms with E-state index in [0.29, 0.717) is 23.3 Å². The fourth-order valence-electron chi connectivity index (χ4n) is 3.60. The summed E-state index contributed by atoms with van der Waals surface area (Å²) in [7, 11) is 0. The van der Waals surface area contributed by atoms with E-state index < -0.39 is 23.3 Å². The molecular formula is C21H16ClF3N4O2. The van der Waals surface area contributed by atoms with Crippen molar-refractivity contribution in [1.82, 2.24) is 9.78 Å². The van der Waals surface area contributed by atoms with E-state index in [0.717, 1.165) is 17.4 Å². The number of aromatic nitrogens is 2. The monoisotopic (exact) mass is 448 g/mol. The molecule has 0 saturated heterocycles. The second-order valence-electron chi connectivity index (χ2n) is 7.01. The Balaban J connectivity index is 1.66. The Kier molecular flexibility index (Phi) is 5.22. The minimum atomic E-state index is -4.83. The molecule has 10 heteroatoms. The molecule has 1 aliphatic heterocycles. The zero-order valence-electron chi connectivity index (χ0n) is 16.2. The molecule has 1 aliphatic rings. The zero-order chi connectivity index (χ0) is 22.3. The van der Waals surface area contributed by atoms with Crippen molar-refractivity contribution < 1.29 is 22.8 Å². The van der Waals surface area contributed by atoms with Gasteiger partial charge in [0.05, 0.1) is 17.4 Å². The third kappa shape index (κ3) is 4.00. The molecule has 0 fully saturated rings. The molecule has 31 heavy (non-hydrogen) atoms. The van der Waals surface area contributed by atoms with Crippen LogP contribution in [-0.2, 0) is 17.4 Å². The van der Waals surface area contributed by atoms with Crippen LogP contribution in [0.15, 0.2) is 48.7 Å². The number of nitrogens with zero attached hydrogens (tertiary/aromatic N) is 3. The molecule has 2 aromatic carbocycles. The summed E-state index contributed by atoms with van der Waals surface area (Å²) >= 11 is 5.89. The molecule has 1 N–H and O–H groups in total. The molecule has 4 rings (SSSR count). The van der Waals surface area contributed by atoms with Gasteiger partial charge in [-0.3, -0.25) is 9.59 Å². The second-order valence-corrected chi connectivity index (χ2v) is 7.45. The Morgan fingerprint density at radius 1 is 1.16 bits per heavy atom. The third-order valence-corrected chi connectivity index (χ3v) is 5.18. The first-order valence-electron chi connectivity index (χ1n) is 9.28. The van der Waals surface area contributed by atoms with Crippen molar-refractivity contribution in [2.45, 2.75) is 19.5 Å². The van der Waals surface area contributed by atoms with E-state index in [4.69, 9.17) is 11.6 Å². The summed E-state index contributed by atoms with van der Waals surface area (Å²) in [6.07, 6.45) is -3.35. The summed E-state index contributed by atoms with van der Waals surface area (Å²) in [4.78, 5) is 26.0. The number of benzene rings is 2.